The van der Waals surface area contributed by atoms with E-state index >= 15 is 0 Å². The van der Waals surface area contributed by atoms with E-state index in [1.165, 1.54) is 43.2 Å². The van der Waals surface area contributed by atoms with E-state index in [1.54, 1.807) is 11.1 Å². The van der Waals surface area contributed by atoms with Crippen molar-refractivity contribution in [1.82, 2.24) is 0 Å². The summed E-state index contributed by atoms with van der Waals surface area (Å²) in [6.07, 6.45) is 7.02. The Morgan fingerprint density at radius 3 is 1.80 bits per heavy atom. The number of benzene rings is 7. The van der Waals surface area contributed by atoms with Gasteiger partial charge >= 0.3 is 0 Å². The maximum absolute atomic E-state index is 6.47. The molecule has 5 aliphatic rings. The van der Waals surface area contributed by atoms with Crippen molar-refractivity contribution < 1.29 is 8.83 Å². The van der Waals surface area contributed by atoms with E-state index in [-0.39, 0.29) is 5.41 Å². The minimum absolute atomic E-state index is 0.148. The summed E-state index contributed by atoms with van der Waals surface area (Å²) in [6, 6.07) is 55.7. The number of para-hydroxylation sites is 3. The first-order chi connectivity index (χ1) is 27.2. The molecule has 3 nitrogen and oxygen atoms in total. The molecule has 264 valence electrons. The molecule has 55 heavy (non-hydrogen) atoms. The van der Waals surface area contributed by atoms with Crippen molar-refractivity contribution in [3.8, 4) is 22.3 Å². The second-order valence-corrected chi connectivity index (χ2v) is 16.9. The second kappa shape index (κ2) is 11.0. The highest BCUT2D eigenvalue weighted by molar-refractivity contribution is 6.10. The van der Waals surface area contributed by atoms with Crippen LogP contribution in [0.1, 0.15) is 43.2 Å². The summed E-state index contributed by atoms with van der Waals surface area (Å²) in [4.78, 5) is 2.42. The highest BCUT2D eigenvalue weighted by Gasteiger charge is 2.61. The summed E-state index contributed by atoms with van der Waals surface area (Å²) in [5.41, 5.74) is 15.4. The fourth-order valence-electron chi connectivity index (χ4n) is 12.4. The second-order valence-electron chi connectivity index (χ2n) is 16.9. The average molecular weight is 710 g/mol. The van der Waals surface area contributed by atoms with Gasteiger partial charge < -0.3 is 13.7 Å². The van der Waals surface area contributed by atoms with Crippen molar-refractivity contribution in [3.05, 3.63) is 163 Å². The minimum atomic E-state index is 0.148. The fourth-order valence-corrected chi connectivity index (χ4v) is 12.4. The molecule has 0 unspecified atom stereocenters. The van der Waals surface area contributed by atoms with Crippen molar-refractivity contribution in [3.63, 3.8) is 0 Å². The van der Waals surface area contributed by atoms with Gasteiger partial charge in [0.05, 0.1) is 0 Å². The number of hydrogen-bond donors (Lipinski definition) is 0. The molecule has 0 aliphatic heterocycles. The molecule has 0 N–H and O–H groups in total. The van der Waals surface area contributed by atoms with Crippen LogP contribution >= 0.6 is 0 Å². The van der Waals surface area contributed by atoms with E-state index in [0.717, 1.165) is 95.7 Å². The summed E-state index contributed by atoms with van der Waals surface area (Å²) < 4.78 is 12.9. The smallest absolute Gasteiger partial charge is 0.143 e. The van der Waals surface area contributed by atoms with Crippen LogP contribution < -0.4 is 4.90 Å². The fraction of sp³-hybridized carbons (Fsp3) is 0.192. The number of fused-ring (bicyclic) bond motifs is 9. The van der Waals surface area contributed by atoms with Crippen LogP contribution in [-0.4, -0.2) is 0 Å². The predicted octanol–water partition coefficient (Wildman–Crippen LogP) is 14.3. The molecule has 3 heteroatoms. The van der Waals surface area contributed by atoms with E-state index in [2.05, 4.69) is 144 Å². The molecule has 1 spiro atoms. The van der Waals surface area contributed by atoms with Crippen molar-refractivity contribution in [1.29, 1.82) is 0 Å². The monoisotopic (exact) mass is 709 g/mol. The average Bonchev–Trinajstić information content (AvgIpc) is 3.88. The summed E-state index contributed by atoms with van der Waals surface area (Å²) in [7, 11) is 0. The lowest BCUT2D eigenvalue weighted by molar-refractivity contribution is -0.0399. The van der Waals surface area contributed by atoms with Crippen molar-refractivity contribution in [2.45, 2.75) is 37.5 Å². The Morgan fingerprint density at radius 1 is 0.418 bits per heavy atom. The molecule has 0 atom stereocenters. The highest BCUT2D eigenvalue weighted by Crippen LogP contribution is 2.69. The van der Waals surface area contributed by atoms with Crippen LogP contribution in [0.25, 0.3) is 66.1 Å². The quantitative estimate of drug-likeness (QED) is 0.182. The maximum atomic E-state index is 6.47. The molecule has 2 heterocycles. The summed E-state index contributed by atoms with van der Waals surface area (Å²) in [6.45, 7) is 0. The largest absolute Gasteiger partial charge is 0.456 e. The third-order valence-electron chi connectivity index (χ3n) is 14.3. The highest BCUT2D eigenvalue weighted by atomic mass is 16.3. The molecule has 7 aromatic carbocycles. The van der Waals surface area contributed by atoms with Gasteiger partial charge in [-0.3, -0.25) is 0 Å². The summed E-state index contributed by atoms with van der Waals surface area (Å²) in [5.74, 6) is 3.34. The zero-order valence-corrected chi connectivity index (χ0v) is 30.5. The Hall–Kier alpha value is -6.06. The molecule has 2 aromatic heterocycles. The molecule has 0 amide bonds. The van der Waals surface area contributed by atoms with Gasteiger partial charge in [0.2, 0.25) is 0 Å². The predicted molar refractivity (Wildman–Crippen MR) is 224 cm³/mol. The van der Waals surface area contributed by atoms with Crippen LogP contribution in [0.5, 0.6) is 0 Å². The van der Waals surface area contributed by atoms with Crippen LogP contribution in [0.3, 0.4) is 0 Å². The van der Waals surface area contributed by atoms with Crippen molar-refractivity contribution in [2.24, 2.45) is 23.7 Å². The first-order valence-electron chi connectivity index (χ1n) is 20.2. The lowest BCUT2D eigenvalue weighted by Crippen LogP contribution is -2.55. The molecule has 4 fully saturated rings. The van der Waals surface area contributed by atoms with Gasteiger partial charge in [0.15, 0.2) is 0 Å². The Balaban J connectivity index is 0.982. The standard InChI is InChI=1S/C52H39NO2/c1-4-13-46-40(8-1)45-29-37(21-23-47(45)52(46)34-25-31-24-32(27-34)28-35(52)26-31)53(38-20-22-43-41-9-2-5-14-48(41)54-50(43)30-38)36-18-16-33(17-19-36)39-11-7-12-44-42-10-3-6-15-49(42)55-51(39)44/h1-23,29-32,34-35H,24-28H2. The maximum Gasteiger partial charge on any atom is 0.143 e. The third-order valence-corrected chi connectivity index (χ3v) is 14.3. The van der Waals surface area contributed by atoms with Crippen LogP contribution in [-0.2, 0) is 5.41 Å². The zero-order chi connectivity index (χ0) is 35.8. The molecule has 0 radical (unpaired) electrons. The van der Waals surface area contributed by atoms with Crippen molar-refractivity contribution >= 4 is 60.9 Å². The van der Waals surface area contributed by atoms with Gasteiger partial charge in [-0.15, -0.1) is 0 Å². The zero-order valence-electron chi connectivity index (χ0n) is 30.5. The molecule has 14 rings (SSSR count). The number of rotatable bonds is 4. The van der Waals surface area contributed by atoms with E-state index in [4.69, 9.17) is 8.83 Å². The topological polar surface area (TPSA) is 29.5 Å². The summed E-state index contributed by atoms with van der Waals surface area (Å²) in [5, 5.41) is 4.58. The molecule has 0 saturated heterocycles. The molecular weight excluding hydrogens is 671 g/mol. The Bertz CT molecular complexity index is 2990. The van der Waals surface area contributed by atoms with Crippen LogP contribution in [0, 0.1) is 23.7 Å². The number of anilines is 3. The number of furan rings is 2. The van der Waals surface area contributed by atoms with Gasteiger partial charge in [-0.1, -0.05) is 97.1 Å². The van der Waals surface area contributed by atoms with Gasteiger partial charge in [-0.25, -0.2) is 0 Å². The molecule has 4 saturated carbocycles. The minimum Gasteiger partial charge on any atom is -0.456 e. The van der Waals surface area contributed by atoms with E-state index < -0.39 is 0 Å². The van der Waals surface area contributed by atoms with E-state index in [9.17, 15) is 0 Å². The SMILES string of the molecule is c1ccc2c(c1)-c1cc(N(c3ccc(-c4cccc5c4oc4ccccc45)cc3)c3ccc4c(c3)oc3ccccc34)ccc1C21C2CC3CC(C2)CC1C3. The van der Waals surface area contributed by atoms with Gasteiger partial charge in [0.1, 0.15) is 22.3 Å². The summed E-state index contributed by atoms with van der Waals surface area (Å²) >= 11 is 0. The first kappa shape index (κ1) is 30.3. The lowest BCUT2D eigenvalue weighted by atomic mass is 9.43. The van der Waals surface area contributed by atoms with Crippen LogP contribution in [0.4, 0.5) is 17.1 Å². The third kappa shape index (κ3) is 4.11. The molecule has 9 aromatic rings. The Morgan fingerprint density at radius 2 is 1.00 bits per heavy atom. The Kier molecular flexibility index (Phi) is 6.06. The van der Waals surface area contributed by atoms with Gasteiger partial charge in [-0.05, 0) is 132 Å². The molecular formula is C52H39NO2. The van der Waals surface area contributed by atoms with E-state index in [1.807, 2.05) is 12.1 Å². The van der Waals surface area contributed by atoms with Gasteiger partial charge in [0.25, 0.3) is 0 Å². The van der Waals surface area contributed by atoms with Gasteiger partial charge in [-0.2, -0.15) is 0 Å². The molecule has 5 aliphatic carbocycles. The van der Waals surface area contributed by atoms with Crippen LogP contribution in [0.15, 0.2) is 160 Å². The molecule has 4 bridgehead atoms. The first-order valence-corrected chi connectivity index (χ1v) is 20.2. The number of nitrogens with zero attached hydrogens (tertiary/aromatic N) is 1. The van der Waals surface area contributed by atoms with E-state index in [0.29, 0.717) is 0 Å². The van der Waals surface area contributed by atoms with Gasteiger partial charge in [0, 0.05) is 55.7 Å². The number of hydrogen-bond acceptors (Lipinski definition) is 3. The van der Waals surface area contributed by atoms with Crippen LogP contribution in [0.2, 0.25) is 0 Å². The van der Waals surface area contributed by atoms with Crippen molar-refractivity contribution in [2.75, 3.05) is 4.90 Å². The normalized spacial score (nSPS) is 23.3. The Labute approximate surface area is 319 Å². The lowest BCUT2D eigenvalue weighted by Gasteiger charge is -2.61.